The van der Waals surface area contributed by atoms with Crippen LogP contribution < -0.4 is 10.5 Å². The quantitative estimate of drug-likeness (QED) is 0.585. The molecule has 0 saturated carbocycles. The summed E-state index contributed by atoms with van der Waals surface area (Å²) in [7, 11) is 0. The first kappa shape index (κ1) is 12.9. The number of aromatic amines is 1. The van der Waals surface area contributed by atoms with Crippen molar-refractivity contribution in [1.29, 1.82) is 0 Å². The second-order valence-electron chi connectivity index (χ2n) is 4.44. The molecule has 0 saturated heterocycles. The summed E-state index contributed by atoms with van der Waals surface area (Å²) in [5.74, 6) is 0. The Morgan fingerprint density at radius 1 is 1.19 bits per heavy atom. The summed E-state index contributed by atoms with van der Waals surface area (Å²) >= 11 is 0. The zero-order valence-corrected chi connectivity index (χ0v) is 10.9. The number of imidazole rings is 1. The number of nitro groups is 1. The van der Waals surface area contributed by atoms with Crippen molar-refractivity contribution in [3.05, 3.63) is 74.7 Å². The van der Waals surface area contributed by atoms with Crippen molar-refractivity contribution < 1.29 is 9.76 Å². The third-order valence-electron chi connectivity index (χ3n) is 3.04. The van der Waals surface area contributed by atoms with Crippen molar-refractivity contribution in [3.8, 4) is 0 Å². The molecule has 2 aromatic carbocycles. The highest BCUT2D eigenvalue weighted by molar-refractivity contribution is 5.77. The lowest BCUT2D eigenvalue weighted by Crippen LogP contribution is -2.24. The van der Waals surface area contributed by atoms with Crippen LogP contribution in [0, 0.1) is 10.1 Å². The van der Waals surface area contributed by atoms with E-state index in [9.17, 15) is 14.9 Å². The second kappa shape index (κ2) is 5.12. The standard InChI is InChI=1S/C14H11N3O4/c18-14-15-12-7-6-11(17(19)20)8-13(12)16(14)21-9-10-4-2-1-3-5-10/h1-8H,9H2,(H,15,18). The van der Waals surface area contributed by atoms with Crippen molar-refractivity contribution in [2.75, 3.05) is 0 Å². The molecule has 3 aromatic rings. The Labute approximate surface area is 118 Å². The van der Waals surface area contributed by atoms with Crippen molar-refractivity contribution in [2.45, 2.75) is 6.61 Å². The van der Waals surface area contributed by atoms with Crippen LogP contribution in [0.3, 0.4) is 0 Å². The summed E-state index contributed by atoms with van der Waals surface area (Å²) in [5.41, 5.74) is 1.15. The van der Waals surface area contributed by atoms with Crippen LogP contribution >= 0.6 is 0 Å². The predicted molar refractivity (Wildman–Crippen MR) is 75.9 cm³/mol. The maximum atomic E-state index is 11.9. The van der Waals surface area contributed by atoms with E-state index >= 15 is 0 Å². The van der Waals surface area contributed by atoms with Crippen molar-refractivity contribution in [3.63, 3.8) is 0 Å². The Kier molecular flexibility index (Phi) is 3.15. The first-order valence-electron chi connectivity index (χ1n) is 6.21. The molecular weight excluding hydrogens is 274 g/mol. The maximum absolute atomic E-state index is 11.9. The van der Waals surface area contributed by atoms with Crippen LogP contribution in [0.5, 0.6) is 0 Å². The smallest absolute Gasteiger partial charge is 0.359 e. The van der Waals surface area contributed by atoms with Gasteiger partial charge in [0.15, 0.2) is 0 Å². The number of hydrogen-bond acceptors (Lipinski definition) is 4. The minimum atomic E-state index is -0.515. The molecule has 1 heterocycles. The summed E-state index contributed by atoms with van der Waals surface area (Å²) in [4.78, 5) is 30.2. The van der Waals surface area contributed by atoms with Crippen molar-refractivity contribution in [2.24, 2.45) is 0 Å². The average molecular weight is 285 g/mol. The lowest BCUT2D eigenvalue weighted by molar-refractivity contribution is -0.384. The highest BCUT2D eigenvalue weighted by Gasteiger charge is 2.13. The fourth-order valence-corrected chi connectivity index (χ4v) is 2.02. The van der Waals surface area contributed by atoms with Crippen LogP contribution in [-0.2, 0) is 6.61 Å². The highest BCUT2D eigenvalue weighted by atomic mass is 16.7. The molecule has 1 N–H and O–H groups in total. The molecule has 1 aromatic heterocycles. The lowest BCUT2D eigenvalue weighted by Gasteiger charge is -2.06. The first-order valence-corrected chi connectivity index (χ1v) is 6.21. The van der Waals surface area contributed by atoms with E-state index in [-0.39, 0.29) is 12.3 Å². The SMILES string of the molecule is O=c1[nH]c2ccc([N+](=O)[O-])cc2n1OCc1ccccc1. The van der Waals surface area contributed by atoms with Crippen LogP contribution in [0.2, 0.25) is 0 Å². The molecule has 0 fully saturated rings. The minimum absolute atomic E-state index is 0.0986. The number of rotatable bonds is 4. The van der Waals surface area contributed by atoms with E-state index in [0.717, 1.165) is 10.3 Å². The molecule has 21 heavy (non-hydrogen) atoms. The van der Waals surface area contributed by atoms with E-state index in [1.165, 1.54) is 18.2 Å². The second-order valence-corrected chi connectivity index (χ2v) is 4.44. The Bertz CT molecular complexity index is 852. The Balaban J connectivity index is 1.97. The number of nitrogens with one attached hydrogen (secondary N) is 1. The summed E-state index contributed by atoms with van der Waals surface area (Å²) in [5, 5.41) is 10.8. The number of hydrogen-bond donors (Lipinski definition) is 1. The molecule has 0 radical (unpaired) electrons. The number of aromatic nitrogens is 2. The molecule has 7 heteroatoms. The van der Waals surface area contributed by atoms with Gasteiger partial charge in [-0.15, -0.1) is 4.73 Å². The molecule has 0 amide bonds. The van der Waals surface area contributed by atoms with Gasteiger partial charge in [0.05, 0.1) is 10.4 Å². The van der Waals surface area contributed by atoms with E-state index < -0.39 is 10.6 Å². The zero-order valence-electron chi connectivity index (χ0n) is 10.9. The molecule has 0 unspecified atom stereocenters. The van der Waals surface area contributed by atoms with E-state index in [1.54, 1.807) is 0 Å². The minimum Gasteiger partial charge on any atom is -0.404 e. The molecule has 106 valence electrons. The Morgan fingerprint density at radius 2 is 1.95 bits per heavy atom. The van der Waals surface area contributed by atoms with Crippen LogP contribution in [0.1, 0.15) is 5.56 Å². The molecule has 0 bridgehead atoms. The van der Waals surface area contributed by atoms with Gasteiger partial charge in [-0.25, -0.2) is 4.79 Å². The summed E-state index contributed by atoms with van der Waals surface area (Å²) in [6, 6.07) is 13.5. The van der Waals surface area contributed by atoms with Crippen molar-refractivity contribution in [1.82, 2.24) is 9.71 Å². The third-order valence-corrected chi connectivity index (χ3v) is 3.04. The van der Waals surface area contributed by atoms with Gasteiger partial charge in [0.25, 0.3) is 5.69 Å². The fourth-order valence-electron chi connectivity index (χ4n) is 2.02. The van der Waals surface area contributed by atoms with Gasteiger partial charge in [-0.05, 0) is 11.6 Å². The molecule has 7 nitrogen and oxygen atoms in total. The zero-order chi connectivity index (χ0) is 14.8. The van der Waals surface area contributed by atoms with Crippen LogP contribution in [-0.4, -0.2) is 14.6 Å². The van der Waals surface area contributed by atoms with Gasteiger partial charge in [-0.3, -0.25) is 10.1 Å². The summed E-state index contributed by atoms with van der Waals surface area (Å²) in [6.07, 6.45) is 0. The first-order chi connectivity index (χ1) is 10.1. The van der Waals surface area contributed by atoms with Crippen LogP contribution in [0.15, 0.2) is 53.3 Å². The van der Waals surface area contributed by atoms with E-state index in [0.29, 0.717) is 11.0 Å². The van der Waals surface area contributed by atoms with Crippen LogP contribution in [0.25, 0.3) is 11.0 Å². The average Bonchev–Trinajstić information content (AvgIpc) is 2.80. The number of H-pyrrole nitrogens is 1. The fraction of sp³-hybridized carbons (Fsp3) is 0.0714. The molecule has 0 aliphatic heterocycles. The van der Waals surface area contributed by atoms with E-state index in [4.69, 9.17) is 4.84 Å². The van der Waals surface area contributed by atoms with Gasteiger partial charge in [-0.1, -0.05) is 30.3 Å². The largest absolute Gasteiger partial charge is 0.404 e. The van der Waals surface area contributed by atoms with Gasteiger partial charge in [0.2, 0.25) is 0 Å². The molecule has 0 atom stereocenters. The molecule has 0 aliphatic rings. The molecular formula is C14H11N3O4. The normalized spacial score (nSPS) is 10.7. The number of benzene rings is 2. The molecule has 3 rings (SSSR count). The van der Waals surface area contributed by atoms with Gasteiger partial charge in [0.1, 0.15) is 12.1 Å². The van der Waals surface area contributed by atoms with E-state index in [1.807, 2.05) is 30.3 Å². The number of nitro benzene ring substituents is 1. The van der Waals surface area contributed by atoms with Crippen molar-refractivity contribution >= 4 is 16.7 Å². The number of fused-ring (bicyclic) bond motifs is 1. The highest BCUT2D eigenvalue weighted by Crippen LogP contribution is 2.18. The van der Waals surface area contributed by atoms with Gasteiger partial charge >= 0.3 is 5.69 Å². The molecule has 0 aliphatic carbocycles. The number of nitrogens with zero attached hydrogens (tertiary/aromatic N) is 2. The van der Waals surface area contributed by atoms with Gasteiger partial charge in [0, 0.05) is 12.1 Å². The topological polar surface area (TPSA) is 90.2 Å². The summed E-state index contributed by atoms with van der Waals surface area (Å²) < 4.78 is 1.04. The predicted octanol–water partition coefficient (Wildman–Crippen LogP) is 1.87. The Morgan fingerprint density at radius 3 is 2.67 bits per heavy atom. The summed E-state index contributed by atoms with van der Waals surface area (Å²) in [6.45, 7) is 0.191. The van der Waals surface area contributed by atoms with Crippen LogP contribution in [0.4, 0.5) is 5.69 Å². The third kappa shape index (κ3) is 2.48. The monoisotopic (exact) mass is 285 g/mol. The molecule has 0 spiro atoms. The maximum Gasteiger partial charge on any atom is 0.359 e. The van der Waals surface area contributed by atoms with E-state index in [2.05, 4.69) is 4.98 Å². The lowest BCUT2D eigenvalue weighted by atomic mass is 10.2. The Hall–Kier alpha value is -3.09. The van der Waals surface area contributed by atoms with Gasteiger partial charge in [-0.2, -0.15) is 0 Å². The number of non-ortho nitro benzene ring substituents is 1. The van der Waals surface area contributed by atoms with Gasteiger partial charge < -0.3 is 9.82 Å².